The number of likely N-dealkylation sites (N-methyl/N-ethyl adjacent to an activating group) is 1. The predicted molar refractivity (Wildman–Crippen MR) is 75.1 cm³/mol. The van der Waals surface area contributed by atoms with E-state index in [1.165, 1.54) is 5.56 Å². The highest BCUT2D eigenvalue weighted by Gasteiger charge is 2.22. The fourth-order valence-electron chi connectivity index (χ4n) is 2.50. The van der Waals surface area contributed by atoms with Crippen molar-refractivity contribution < 1.29 is 4.74 Å². The molecule has 0 fully saturated rings. The number of para-hydroxylation sites is 1. The SMILES string of the molecule is CC(N)CCN(C)CC1CCOc2ccccc21. The summed E-state index contributed by atoms with van der Waals surface area (Å²) in [6.45, 7) is 5.06. The lowest BCUT2D eigenvalue weighted by atomic mass is 9.92. The molecule has 0 saturated heterocycles. The van der Waals surface area contributed by atoms with E-state index in [0.29, 0.717) is 5.92 Å². The van der Waals surface area contributed by atoms with Crippen LogP contribution in [0.1, 0.15) is 31.2 Å². The summed E-state index contributed by atoms with van der Waals surface area (Å²) >= 11 is 0. The third-order valence-corrected chi connectivity index (χ3v) is 3.58. The Bertz CT molecular complexity index is 379. The molecule has 100 valence electrons. The number of fused-ring (bicyclic) bond motifs is 1. The van der Waals surface area contributed by atoms with Gasteiger partial charge in [0.2, 0.25) is 0 Å². The number of rotatable bonds is 5. The quantitative estimate of drug-likeness (QED) is 0.868. The first-order valence-electron chi connectivity index (χ1n) is 6.82. The predicted octanol–water partition coefficient (Wildman–Crippen LogP) is 2.22. The molecule has 1 aliphatic rings. The lowest BCUT2D eigenvalue weighted by Gasteiger charge is -2.29. The van der Waals surface area contributed by atoms with Crippen molar-refractivity contribution in [3.8, 4) is 5.75 Å². The third kappa shape index (κ3) is 3.47. The molecule has 3 heteroatoms. The molecule has 0 spiro atoms. The van der Waals surface area contributed by atoms with Crippen molar-refractivity contribution in [3.05, 3.63) is 29.8 Å². The normalized spacial score (nSPS) is 20.3. The molecule has 2 unspecified atom stereocenters. The third-order valence-electron chi connectivity index (χ3n) is 3.58. The van der Waals surface area contributed by atoms with Gasteiger partial charge in [-0.25, -0.2) is 0 Å². The Balaban J connectivity index is 1.94. The van der Waals surface area contributed by atoms with Crippen LogP contribution in [0.4, 0.5) is 0 Å². The second kappa shape index (κ2) is 6.21. The molecule has 2 rings (SSSR count). The number of ether oxygens (including phenoxy) is 1. The first-order chi connectivity index (χ1) is 8.66. The molecule has 0 saturated carbocycles. The monoisotopic (exact) mass is 248 g/mol. The second-order valence-corrected chi connectivity index (χ2v) is 5.40. The van der Waals surface area contributed by atoms with Crippen molar-refractivity contribution in [2.24, 2.45) is 5.73 Å². The molecule has 1 aliphatic heterocycles. The smallest absolute Gasteiger partial charge is 0.122 e. The second-order valence-electron chi connectivity index (χ2n) is 5.40. The number of hydrogen-bond donors (Lipinski definition) is 1. The molecule has 1 aromatic carbocycles. The van der Waals surface area contributed by atoms with Crippen molar-refractivity contribution in [1.29, 1.82) is 0 Å². The van der Waals surface area contributed by atoms with E-state index in [9.17, 15) is 0 Å². The summed E-state index contributed by atoms with van der Waals surface area (Å²) in [5.74, 6) is 1.65. The maximum atomic E-state index is 5.80. The number of nitrogens with two attached hydrogens (primary N) is 1. The standard InChI is InChI=1S/C15H24N2O/c1-12(16)7-9-17(2)11-13-8-10-18-15-6-4-3-5-14(13)15/h3-6,12-13H,7-11,16H2,1-2H3. The van der Waals surface area contributed by atoms with E-state index < -0.39 is 0 Å². The molecule has 2 N–H and O–H groups in total. The minimum atomic E-state index is 0.287. The zero-order valence-corrected chi connectivity index (χ0v) is 11.4. The van der Waals surface area contributed by atoms with Gasteiger partial charge in [0.15, 0.2) is 0 Å². The van der Waals surface area contributed by atoms with Gasteiger partial charge < -0.3 is 15.4 Å². The van der Waals surface area contributed by atoms with Crippen LogP contribution >= 0.6 is 0 Å². The maximum Gasteiger partial charge on any atom is 0.122 e. The van der Waals surface area contributed by atoms with Crippen molar-refractivity contribution in [2.45, 2.75) is 31.7 Å². The van der Waals surface area contributed by atoms with Crippen LogP contribution in [0.5, 0.6) is 5.75 Å². The number of nitrogens with zero attached hydrogens (tertiary/aromatic N) is 1. The lowest BCUT2D eigenvalue weighted by molar-refractivity contribution is 0.229. The summed E-state index contributed by atoms with van der Waals surface area (Å²) in [7, 11) is 2.18. The molecule has 0 radical (unpaired) electrons. The summed E-state index contributed by atoms with van der Waals surface area (Å²) < 4.78 is 5.69. The van der Waals surface area contributed by atoms with Crippen LogP contribution < -0.4 is 10.5 Å². The van der Waals surface area contributed by atoms with Crippen molar-refractivity contribution >= 4 is 0 Å². The highest BCUT2D eigenvalue weighted by molar-refractivity contribution is 5.37. The number of hydrogen-bond acceptors (Lipinski definition) is 3. The maximum absolute atomic E-state index is 5.80. The Hall–Kier alpha value is -1.06. The highest BCUT2D eigenvalue weighted by Crippen LogP contribution is 2.33. The van der Waals surface area contributed by atoms with Gasteiger partial charge in [0.1, 0.15) is 5.75 Å². The van der Waals surface area contributed by atoms with E-state index in [1.54, 1.807) is 0 Å². The molecule has 18 heavy (non-hydrogen) atoms. The molecule has 0 bridgehead atoms. The van der Waals surface area contributed by atoms with Gasteiger partial charge in [0, 0.05) is 18.5 Å². The number of benzene rings is 1. The van der Waals surface area contributed by atoms with Crippen LogP contribution in [-0.2, 0) is 0 Å². The Kier molecular flexibility index (Phi) is 4.61. The van der Waals surface area contributed by atoms with E-state index in [2.05, 4.69) is 37.1 Å². The highest BCUT2D eigenvalue weighted by atomic mass is 16.5. The van der Waals surface area contributed by atoms with Gasteiger partial charge in [-0.15, -0.1) is 0 Å². The van der Waals surface area contributed by atoms with Crippen molar-refractivity contribution in [3.63, 3.8) is 0 Å². The van der Waals surface area contributed by atoms with Gasteiger partial charge in [0.05, 0.1) is 6.61 Å². The van der Waals surface area contributed by atoms with Crippen LogP contribution in [0.2, 0.25) is 0 Å². The largest absolute Gasteiger partial charge is 0.493 e. The van der Waals surface area contributed by atoms with E-state index in [-0.39, 0.29) is 6.04 Å². The zero-order valence-electron chi connectivity index (χ0n) is 11.4. The minimum Gasteiger partial charge on any atom is -0.493 e. The van der Waals surface area contributed by atoms with Gasteiger partial charge in [-0.2, -0.15) is 0 Å². The molecule has 0 amide bonds. The molecule has 1 heterocycles. The molecule has 2 atom stereocenters. The van der Waals surface area contributed by atoms with Gasteiger partial charge in [0.25, 0.3) is 0 Å². The summed E-state index contributed by atoms with van der Waals surface area (Å²) in [5, 5.41) is 0. The van der Waals surface area contributed by atoms with E-state index in [1.807, 2.05) is 6.07 Å². The zero-order chi connectivity index (χ0) is 13.0. The lowest BCUT2D eigenvalue weighted by Crippen LogP contribution is -2.31. The minimum absolute atomic E-state index is 0.287. The van der Waals surface area contributed by atoms with Gasteiger partial charge >= 0.3 is 0 Å². The summed E-state index contributed by atoms with van der Waals surface area (Å²) in [5.41, 5.74) is 7.16. The first kappa shape index (κ1) is 13.4. The van der Waals surface area contributed by atoms with Crippen molar-refractivity contribution in [1.82, 2.24) is 4.90 Å². The average molecular weight is 248 g/mol. The molecular weight excluding hydrogens is 224 g/mol. The van der Waals surface area contributed by atoms with E-state index >= 15 is 0 Å². The Morgan fingerprint density at radius 2 is 2.22 bits per heavy atom. The van der Waals surface area contributed by atoms with Gasteiger partial charge in [-0.3, -0.25) is 0 Å². The van der Waals surface area contributed by atoms with Crippen LogP contribution in [0.3, 0.4) is 0 Å². The molecule has 0 aliphatic carbocycles. The van der Waals surface area contributed by atoms with Crippen LogP contribution in [0.25, 0.3) is 0 Å². The molecule has 0 aromatic heterocycles. The van der Waals surface area contributed by atoms with E-state index in [0.717, 1.165) is 38.3 Å². The Morgan fingerprint density at radius 1 is 1.44 bits per heavy atom. The van der Waals surface area contributed by atoms with Crippen LogP contribution in [0.15, 0.2) is 24.3 Å². The topological polar surface area (TPSA) is 38.5 Å². The molecule has 3 nitrogen and oxygen atoms in total. The summed E-state index contributed by atoms with van der Waals surface area (Å²) in [6, 6.07) is 8.69. The average Bonchev–Trinajstić information content (AvgIpc) is 2.37. The molecule has 1 aromatic rings. The summed E-state index contributed by atoms with van der Waals surface area (Å²) in [4.78, 5) is 2.39. The fraction of sp³-hybridized carbons (Fsp3) is 0.600. The van der Waals surface area contributed by atoms with Crippen LogP contribution in [0, 0.1) is 0 Å². The van der Waals surface area contributed by atoms with Crippen LogP contribution in [-0.4, -0.2) is 37.7 Å². The Labute approximate surface area is 110 Å². The van der Waals surface area contributed by atoms with Gasteiger partial charge in [-0.05, 0) is 45.0 Å². The Morgan fingerprint density at radius 3 is 3.00 bits per heavy atom. The fourth-order valence-corrected chi connectivity index (χ4v) is 2.50. The first-order valence-corrected chi connectivity index (χ1v) is 6.82. The van der Waals surface area contributed by atoms with E-state index in [4.69, 9.17) is 10.5 Å². The van der Waals surface area contributed by atoms with Crippen molar-refractivity contribution in [2.75, 3.05) is 26.7 Å². The summed E-state index contributed by atoms with van der Waals surface area (Å²) in [6.07, 6.45) is 2.17. The van der Waals surface area contributed by atoms with Gasteiger partial charge in [-0.1, -0.05) is 18.2 Å². The molecular formula is C15H24N2O.